The summed E-state index contributed by atoms with van der Waals surface area (Å²) in [6.07, 6.45) is 3.15. The molecule has 0 spiro atoms. The highest BCUT2D eigenvalue weighted by atomic mass is 35.5. The zero-order chi connectivity index (χ0) is 38.8. The third-order valence-electron chi connectivity index (χ3n) is 7.19. The number of anilines is 2. The van der Waals surface area contributed by atoms with E-state index < -0.39 is 69.3 Å². The van der Waals surface area contributed by atoms with Crippen LogP contribution >= 0.6 is 36.0 Å². The molecule has 21 nitrogen and oxygen atoms in total. The zero-order valence-corrected chi connectivity index (χ0v) is 29.6. The highest BCUT2D eigenvalue weighted by Crippen LogP contribution is 2.40. The minimum Gasteiger partial charge on any atom is -0.503 e. The topological polar surface area (TPSA) is 318 Å². The maximum Gasteiger partial charge on any atom is 0.352 e. The van der Waals surface area contributed by atoms with Gasteiger partial charge in [0.2, 0.25) is 11.0 Å². The van der Waals surface area contributed by atoms with Gasteiger partial charge in [0.05, 0.1) is 6.20 Å². The minimum atomic E-state index is -1.91. The van der Waals surface area contributed by atoms with Gasteiger partial charge in [0.25, 0.3) is 29.9 Å². The van der Waals surface area contributed by atoms with Crippen LogP contribution < -0.4 is 32.1 Å². The molecular weight excluding hydrogens is 752 g/mol. The maximum atomic E-state index is 13.5. The standard InChI is InChI=1S/C28H29ClN10O11S2/c1-10(29)16(35-27(31)51)17(36-50-28(2,3)26(47)48)22(43)34-18-23(44)39-19(25(45)46)11(8-52-24(18)39)5-37-6-12(20(30)32-9-37)33-21(42)13-4-14(40)15(41)7-38(13)49/h4,6-7,9,18,24,30,49H,5,8H2,1-3H3,(H8,31,33,34,35,41,42,43,45,46,47,48,51)/p+1/b16-10+,36-17-/t18-,24?/m1/s1. The largest absolute Gasteiger partial charge is 0.503 e. The summed E-state index contributed by atoms with van der Waals surface area (Å²) in [5.41, 5.74) is 6.82. The number of β-lactam (4-membered cyclic amide) rings is 1. The number of carboxylic acids is 2. The number of nitrogens with two attached hydrogens (primary N) is 2. The number of allylic oxidation sites excluding steroid dienone is 1. The Morgan fingerprint density at radius 3 is 2.54 bits per heavy atom. The first kappa shape index (κ1) is 39.0. The molecule has 2 aromatic rings. The van der Waals surface area contributed by atoms with Crippen LogP contribution in [-0.2, 0) is 30.6 Å². The summed E-state index contributed by atoms with van der Waals surface area (Å²) >= 11 is 11.1. The van der Waals surface area contributed by atoms with Crippen molar-refractivity contribution in [3.05, 3.63) is 62.7 Å². The lowest BCUT2D eigenvalue weighted by atomic mass is 10.0. The summed E-state index contributed by atoms with van der Waals surface area (Å²) in [4.78, 5) is 89.4. The number of thioether (sulfide) groups is 1. The molecule has 0 aliphatic carbocycles. The Morgan fingerprint density at radius 1 is 1.27 bits per heavy atom. The molecule has 1 fully saturated rings. The molecule has 276 valence electrons. The first-order valence-electron chi connectivity index (χ1n) is 14.4. The molecule has 24 heteroatoms. The van der Waals surface area contributed by atoms with Crippen LogP contribution in [0.25, 0.3) is 0 Å². The van der Waals surface area contributed by atoms with E-state index in [9.17, 15) is 49.3 Å². The predicted molar refractivity (Wildman–Crippen MR) is 185 cm³/mol. The van der Waals surface area contributed by atoms with Crippen molar-refractivity contribution in [2.45, 2.75) is 44.3 Å². The number of oxime groups is 1. The van der Waals surface area contributed by atoms with Crippen LogP contribution in [0.1, 0.15) is 31.3 Å². The van der Waals surface area contributed by atoms with Gasteiger partial charge in [-0.2, -0.15) is 4.73 Å². The van der Waals surface area contributed by atoms with Crippen molar-refractivity contribution in [3.8, 4) is 5.75 Å². The fraction of sp³-hybridized carbons (Fsp3) is 0.286. The van der Waals surface area contributed by atoms with Crippen LogP contribution in [0.3, 0.4) is 0 Å². The average molecular weight is 782 g/mol. The van der Waals surface area contributed by atoms with Crippen LogP contribution in [0.2, 0.25) is 0 Å². The monoisotopic (exact) mass is 781 g/mol. The van der Waals surface area contributed by atoms with E-state index in [4.69, 9.17) is 27.9 Å². The van der Waals surface area contributed by atoms with Gasteiger partial charge in [0, 0.05) is 22.4 Å². The second-order valence-electron chi connectivity index (χ2n) is 11.4. The lowest BCUT2D eigenvalue weighted by molar-refractivity contribution is -0.691. The Labute approximate surface area is 306 Å². The molecule has 4 heterocycles. The Kier molecular flexibility index (Phi) is 11.4. The number of halogens is 1. The first-order chi connectivity index (χ1) is 24.2. The Balaban J connectivity index is 1.58. The van der Waals surface area contributed by atoms with Crippen LogP contribution in [0.5, 0.6) is 5.75 Å². The van der Waals surface area contributed by atoms with Crippen LogP contribution in [0, 0.1) is 0 Å². The molecule has 0 saturated carbocycles. The molecule has 3 amide bonds. The number of hydrogen-bond acceptors (Lipinski definition) is 14. The highest BCUT2D eigenvalue weighted by molar-refractivity contribution is 8.00. The molecule has 0 radical (unpaired) electrons. The summed E-state index contributed by atoms with van der Waals surface area (Å²) in [7, 11) is 0. The molecule has 4 rings (SSSR count). The quantitative estimate of drug-likeness (QED) is 0.0237. The van der Waals surface area contributed by atoms with Gasteiger partial charge in [0.1, 0.15) is 41.2 Å². The molecule has 2 aliphatic heterocycles. The Morgan fingerprint density at radius 2 is 1.94 bits per heavy atom. The molecule has 2 aromatic heterocycles. The number of carbonyl (C=O) groups excluding carboxylic acids is 3. The van der Waals surface area contributed by atoms with Gasteiger partial charge >= 0.3 is 11.9 Å². The van der Waals surface area contributed by atoms with Crippen molar-refractivity contribution < 1.29 is 53.9 Å². The van der Waals surface area contributed by atoms with Gasteiger partial charge in [0.15, 0.2) is 22.3 Å². The molecule has 52 heavy (non-hydrogen) atoms. The first-order valence-corrected chi connectivity index (χ1v) is 16.3. The lowest BCUT2D eigenvalue weighted by Gasteiger charge is -2.49. The number of hydrogen-bond donors (Lipinski definition) is 9. The van der Waals surface area contributed by atoms with Crippen LogP contribution in [0.4, 0.5) is 11.5 Å². The average Bonchev–Trinajstić information content (AvgIpc) is 3.05. The normalized spacial score (nSPS) is 18.2. The van der Waals surface area contributed by atoms with E-state index in [1.165, 1.54) is 24.0 Å². The molecule has 0 bridgehead atoms. The molecule has 1 unspecified atom stereocenters. The molecule has 2 aliphatic rings. The second-order valence-corrected chi connectivity index (χ2v) is 13.5. The van der Waals surface area contributed by atoms with Gasteiger partial charge in [-0.05, 0) is 25.8 Å². The number of carboxylic acid groups (broad SMARTS) is 2. The number of aromatic hydroxyl groups is 1. The third-order valence-corrected chi connectivity index (χ3v) is 8.81. The van der Waals surface area contributed by atoms with E-state index >= 15 is 0 Å². The molecule has 1 saturated heterocycles. The number of rotatable bonds is 12. The van der Waals surface area contributed by atoms with Crippen molar-refractivity contribution in [1.82, 2.24) is 19.9 Å². The van der Waals surface area contributed by atoms with Gasteiger partial charge < -0.3 is 47.5 Å². The Bertz CT molecular complexity index is 2070. The van der Waals surface area contributed by atoms with E-state index in [0.29, 0.717) is 12.3 Å². The number of amidine groups is 1. The number of nitrogens with zero attached hydrogens (tertiary/aromatic N) is 6. The lowest BCUT2D eigenvalue weighted by Crippen LogP contribution is -2.71. The third kappa shape index (κ3) is 8.21. The van der Waals surface area contributed by atoms with Crippen molar-refractivity contribution in [3.63, 3.8) is 0 Å². The number of nitrogen functional groups attached to an aromatic ring is 1. The second kappa shape index (κ2) is 15.2. The van der Waals surface area contributed by atoms with Crippen molar-refractivity contribution in [2.75, 3.05) is 16.8 Å². The van der Waals surface area contributed by atoms with Gasteiger partial charge in [-0.3, -0.25) is 24.1 Å². The summed E-state index contributed by atoms with van der Waals surface area (Å²) in [6.45, 7) is 3.48. The minimum absolute atomic E-state index is 0.0368. The number of thiol groups is 1. The summed E-state index contributed by atoms with van der Waals surface area (Å²) in [6, 6.07) is -0.594. The van der Waals surface area contributed by atoms with E-state index in [1.54, 1.807) is 0 Å². The highest BCUT2D eigenvalue weighted by Gasteiger charge is 2.54. The number of aliphatic imine (C=N–C) groups is 1. The fourth-order valence-electron chi connectivity index (χ4n) is 4.56. The number of aromatic nitrogens is 3. The molecular formula is C28H30ClN10O11S2+. The van der Waals surface area contributed by atoms with E-state index in [0.717, 1.165) is 30.5 Å². The van der Waals surface area contributed by atoms with Crippen LogP contribution in [-0.4, -0.2) is 98.5 Å². The number of carbonyl (C=O) groups is 5. The molecule has 0 aromatic carbocycles. The summed E-state index contributed by atoms with van der Waals surface area (Å²) < 4.78 is 1.59. The van der Waals surface area contributed by atoms with E-state index in [2.05, 4.69) is 38.4 Å². The predicted octanol–water partition coefficient (Wildman–Crippen LogP) is -1.00. The summed E-state index contributed by atoms with van der Waals surface area (Å²) in [5, 5.41) is 46.0. The summed E-state index contributed by atoms with van der Waals surface area (Å²) in [5.74, 6) is -6.71. The molecule has 2 atom stereocenters. The Hall–Kier alpha value is -5.81. The number of pyridine rings is 1. The van der Waals surface area contributed by atoms with Crippen LogP contribution in [0.15, 0.2) is 61.7 Å². The number of fused-ring (bicyclic) bond motifs is 1. The zero-order valence-electron chi connectivity index (χ0n) is 27.1. The van der Waals surface area contributed by atoms with E-state index in [1.807, 2.05) is 0 Å². The van der Waals surface area contributed by atoms with E-state index in [-0.39, 0.29) is 55.7 Å². The number of nitrogens with one attached hydrogen (secondary N) is 2. The van der Waals surface area contributed by atoms with Gasteiger partial charge in [-0.15, -0.1) is 24.4 Å². The van der Waals surface area contributed by atoms with Crippen molar-refractivity contribution in [1.29, 1.82) is 0 Å². The fourth-order valence-corrected chi connectivity index (χ4v) is 6.12. The number of aliphatic carboxylic acids is 2. The van der Waals surface area contributed by atoms with Crippen molar-refractivity contribution >= 4 is 88.0 Å². The molecule has 10 N–H and O–H groups in total. The maximum absolute atomic E-state index is 13.5. The number of amides is 3. The smallest absolute Gasteiger partial charge is 0.352 e. The van der Waals surface area contributed by atoms with Gasteiger partial charge in [-0.25, -0.2) is 19.1 Å². The van der Waals surface area contributed by atoms with Crippen molar-refractivity contribution in [2.24, 2.45) is 15.9 Å². The SMILES string of the molecule is C/C(Cl)=C(\N=C(\N)S)C(=N/OC(C)(C)C(=O)O)/C(=O)N[C@@H]1C(=O)N2C(C(=O)O)=C(C[n+]3cnc(N)c(NC(=O)c4cc(=O)c(O)cn4O)c3)CSC12. The van der Waals surface area contributed by atoms with Gasteiger partial charge in [-0.1, -0.05) is 16.8 Å².